The Labute approximate surface area is 184 Å². The van der Waals surface area contributed by atoms with Crippen molar-refractivity contribution in [3.05, 3.63) is 88.4 Å². The molecule has 0 aromatic heterocycles. The van der Waals surface area contributed by atoms with Gasteiger partial charge in [-0.3, -0.25) is 14.4 Å². The fraction of sp³-hybridized carbons (Fsp3) is 0.0870. The van der Waals surface area contributed by atoms with E-state index < -0.39 is 18.4 Å². The predicted molar refractivity (Wildman–Crippen MR) is 120 cm³/mol. The van der Waals surface area contributed by atoms with Crippen molar-refractivity contribution in [1.82, 2.24) is 0 Å². The molecule has 0 unspecified atom stereocenters. The molecule has 0 atom stereocenters. The Morgan fingerprint density at radius 1 is 0.935 bits per heavy atom. The number of rotatable bonds is 7. The van der Waals surface area contributed by atoms with Crippen molar-refractivity contribution in [2.24, 2.45) is 5.73 Å². The molecule has 0 aliphatic carbocycles. The summed E-state index contributed by atoms with van der Waals surface area (Å²) in [6.07, 6.45) is 0. The van der Waals surface area contributed by atoms with Crippen LogP contribution in [-0.2, 0) is 4.79 Å². The third kappa shape index (κ3) is 5.83. The Kier molecular flexibility index (Phi) is 6.89. The Bertz CT molecular complexity index is 1150. The number of para-hydroxylation sites is 1. The Hall–Kier alpha value is -3.84. The molecular formula is C23H20ClN3O4. The van der Waals surface area contributed by atoms with E-state index in [1.54, 1.807) is 30.3 Å². The highest BCUT2D eigenvalue weighted by molar-refractivity contribution is 6.31. The molecule has 3 amide bonds. The van der Waals surface area contributed by atoms with Crippen molar-refractivity contribution >= 4 is 40.7 Å². The lowest BCUT2D eigenvalue weighted by atomic mass is 10.1. The van der Waals surface area contributed by atoms with Gasteiger partial charge < -0.3 is 21.1 Å². The summed E-state index contributed by atoms with van der Waals surface area (Å²) in [6, 6.07) is 18.3. The highest BCUT2D eigenvalue weighted by Crippen LogP contribution is 2.23. The first-order chi connectivity index (χ1) is 14.8. The summed E-state index contributed by atoms with van der Waals surface area (Å²) in [5, 5.41) is 5.78. The highest BCUT2D eigenvalue weighted by Gasteiger charge is 2.15. The zero-order valence-corrected chi connectivity index (χ0v) is 17.4. The minimum atomic E-state index is -0.726. The van der Waals surface area contributed by atoms with Gasteiger partial charge in [-0.1, -0.05) is 35.9 Å². The van der Waals surface area contributed by atoms with Gasteiger partial charge in [0.05, 0.1) is 16.8 Å². The monoisotopic (exact) mass is 437 g/mol. The van der Waals surface area contributed by atoms with Crippen molar-refractivity contribution in [2.45, 2.75) is 6.92 Å². The second-order valence-electron chi connectivity index (χ2n) is 6.71. The smallest absolute Gasteiger partial charge is 0.262 e. The van der Waals surface area contributed by atoms with E-state index in [9.17, 15) is 14.4 Å². The summed E-state index contributed by atoms with van der Waals surface area (Å²) in [5.41, 5.74) is 7.66. The summed E-state index contributed by atoms with van der Waals surface area (Å²) < 4.78 is 5.42. The highest BCUT2D eigenvalue weighted by atomic mass is 35.5. The van der Waals surface area contributed by atoms with Crippen LogP contribution in [0.4, 0.5) is 11.4 Å². The quantitative estimate of drug-likeness (QED) is 0.518. The molecule has 31 heavy (non-hydrogen) atoms. The predicted octanol–water partition coefficient (Wildman–Crippen LogP) is 4.02. The van der Waals surface area contributed by atoms with E-state index in [1.807, 2.05) is 25.1 Å². The normalized spacial score (nSPS) is 10.3. The third-order valence-corrected chi connectivity index (χ3v) is 4.52. The molecule has 0 saturated carbocycles. The van der Waals surface area contributed by atoms with Gasteiger partial charge in [-0.15, -0.1) is 0 Å². The van der Waals surface area contributed by atoms with Crippen LogP contribution in [0.25, 0.3) is 0 Å². The third-order valence-electron chi connectivity index (χ3n) is 4.29. The average Bonchev–Trinajstić information content (AvgIpc) is 2.73. The van der Waals surface area contributed by atoms with E-state index in [4.69, 9.17) is 22.1 Å². The van der Waals surface area contributed by atoms with Gasteiger partial charge in [0.25, 0.3) is 17.7 Å². The number of anilines is 2. The molecule has 4 N–H and O–H groups in total. The summed E-state index contributed by atoms with van der Waals surface area (Å²) in [5.74, 6) is -1.47. The van der Waals surface area contributed by atoms with Crippen molar-refractivity contribution in [3.63, 3.8) is 0 Å². The first kappa shape index (κ1) is 21.9. The summed E-state index contributed by atoms with van der Waals surface area (Å²) in [7, 11) is 0. The van der Waals surface area contributed by atoms with Crippen molar-refractivity contribution in [1.29, 1.82) is 0 Å². The molecule has 0 aliphatic heterocycles. The maximum atomic E-state index is 12.7. The number of primary amides is 1. The lowest BCUT2D eigenvalue weighted by Crippen LogP contribution is -2.23. The van der Waals surface area contributed by atoms with Gasteiger partial charge in [0.2, 0.25) is 0 Å². The van der Waals surface area contributed by atoms with Crippen molar-refractivity contribution in [3.8, 4) is 5.75 Å². The van der Waals surface area contributed by atoms with Crippen molar-refractivity contribution < 1.29 is 19.1 Å². The van der Waals surface area contributed by atoms with Crippen LogP contribution in [-0.4, -0.2) is 24.3 Å². The maximum Gasteiger partial charge on any atom is 0.262 e. The largest absolute Gasteiger partial charge is 0.483 e. The maximum absolute atomic E-state index is 12.7. The number of hydrogen-bond donors (Lipinski definition) is 3. The van der Waals surface area contributed by atoms with Gasteiger partial charge >= 0.3 is 0 Å². The SMILES string of the molecule is Cc1cccc(NC(=O)c2ccccc2NC(=O)COc2ccc(Cl)cc2C(N)=O)c1. The Balaban J connectivity index is 1.69. The van der Waals surface area contributed by atoms with Crippen molar-refractivity contribution in [2.75, 3.05) is 17.2 Å². The van der Waals surface area contributed by atoms with Crippen LogP contribution in [0.1, 0.15) is 26.3 Å². The number of halogens is 1. The fourth-order valence-electron chi connectivity index (χ4n) is 2.86. The molecule has 0 aliphatic rings. The van der Waals surface area contributed by atoms with Gasteiger partial charge in [-0.05, 0) is 55.0 Å². The molecule has 0 bridgehead atoms. The fourth-order valence-corrected chi connectivity index (χ4v) is 3.03. The number of ether oxygens (including phenoxy) is 1. The lowest BCUT2D eigenvalue weighted by Gasteiger charge is -2.13. The van der Waals surface area contributed by atoms with Gasteiger partial charge in [0.1, 0.15) is 5.75 Å². The van der Waals surface area contributed by atoms with E-state index in [-0.39, 0.29) is 17.2 Å². The molecule has 0 saturated heterocycles. The van der Waals surface area contributed by atoms with E-state index >= 15 is 0 Å². The number of nitrogens with two attached hydrogens (primary N) is 1. The van der Waals surface area contributed by atoms with E-state index in [1.165, 1.54) is 18.2 Å². The van der Waals surface area contributed by atoms with Crippen LogP contribution < -0.4 is 21.1 Å². The van der Waals surface area contributed by atoms with E-state index in [0.717, 1.165) is 5.56 Å². The Morgan fingerprint density at radius 2 is 1.71 bits per heavy atom. The molecule has 8 heteroatoms. The standard InChI is InChI=1S/C23H20ClN3O4/c1-14-5-4-6-16(11-14)26-23(30)17-7-2-3-8-19(17)27-21(28)13-31-20-10-9-15(24)12-18(20)22(25)29/h2-12H,13H2,1H3,(H2,25,29)(H,26,30)(H,27,28). The minimum Gasteiger partial charge on any atom is -0.483 e. The van der Waals surface area contributed by atoms with Crippen LogP contribution in [0.15, 0.2) is 66.7 Å². The first-order valence-corrected chi connectivity index (χ1v) is 9.70. The van der Waals surface area contributed by atoms with Gasteiger partial charge in [-0.25, -0.2) is 0 Å². The van der Waals surface area contributed by atoms with Crippen LogP contribution >= 0.6 is 11.6 Å². The molecule has 158 valence electrons. The molecule has 3 rings (SSSR count). The second-order valence-corrected chi connectivity index (χ2v) is 7.15. The van der Waals surface area contributed by atoms with Gasteiger partial charge in [-0.2, -0.15) is 0 Å². The van der Waals surface area contributed by atoms with Gasteiger partial charge in [0.15, 0.2) is 6.61 Å². The molecule has 7 nitrogen and oxygen atoms in total. The first-order valence-electron chi connectivity index (χ1n) is 9.32. The number of benzene rings is 3. The van der Waals surface area contributed by atoms with Crippen LogP contribution in [0.2, 0.25) is 5.02 Å². The topological polar surface area (TPSA) is 111 Å². The molecular weight excluding hydrogens is 418 g/mol. The lowest BCUT2D eigenvalue weighted by molar-refractivity contribution is -0.118. The minimum absolute atomic E-state index is 0.0678. The van der Waals surface area contributed by atoms with Crippen LogP contribution in [0.3, 0.4) is 0 Å². The number of nitrogens with one attached hydrogen (secondary N) is 2. The van der Waals surface area contributed by atoms with E-state index in [2.05, 4.69) is 10.6 Å². The van der Waals surface area contributed by atoms with Crippen LogP contribution in [0.5, 0.6) is 5.75 Å². The number of carbonyl (C=O) groups excluding carboxylic acids is 3. The number of hydrogen-bond acceptors (Lipinski definition) is 4. The number of carbonyl (C=O) groups is 3. The average molecular weight is 438 g/mol. The Morgan fingerprint density at radius 3 is 2.45 bits per heavy atom. The second kappa shape index (κ2) is 9.77. The molecule has 0 radical (unpaired) electrons. The summed E-state index contributed by atoms with van der Waals surface area (Å²) >= 11 is 5.86. The number of amides is 3. The molecule has 0 spiro atoms. The summed E-state index contributed by atoms with van der Waals surface area (Å²) in [4.78, 5) is 36.6. The molecule has 3 aromatic carbocycles. The molecule has 3 aromatic rings. The molecule has 0 fully saturated rings. The number of aryl methyl sites for hydroxylation is 1. The zero-order chi connectivity index (χ0) is 22.4. The zero-order valence-electron chi connectivity index (χ0n) is 16.6. The molecule has 0 heterocycles. The van der Waals surface area contributed by atoms with Gasteiger partial charge in [0, 0.05) is 10.7 Å². The van der Waals surface area contributed by atoms with Crippen LogP contribution in [0, 0.1) is 6.92 Å². The summed E-state index contributed by atoms with van der Waals surface area (Å²) in [6.45, 7) is 1.53. The van der Waals surface area contributed by atoms with E-state index in [0.29, 0.717) is 22.0 Å².